The molecular formula is C14H17ClF3N. The van der Waals surface area contributed by atoms with Gasteiger partial charge < -0.3 is 0 Å². The Morgan fingerprint density at radius 1 is 1.32 bits per heavy atom. The van der Waals surface area contributed by atoms with Gasteiger partial charge in [0.1, 0.15) is 0 Å². The van der Waals surface area contributed by atoms with Gasteiger partial charge in [-0.15, -0.1) is 0 Å². The predicted octanol–water partition coefficient (Wildman–Crippen LogP) is 4.47. The minimum absolute atomic E-state index is 0.0112. The van der Waals surface area contributed by atoms with Crippen molar-refractivity contribution in [2.45, 2.75) is 37.9 Å². The molecule has 0 aromatic heterocycles. The molecular weight excluding hydrogens is 275 g/mol. The Kier molecular flexibility index (Phi) is 4.41. The first-order valence-electron chi connectivity index (χ1n) is 6.46. The summed E-state index contributed by atoms with van der Waals surface area (Å²) in [6, 6.07) is 7.42. The number of nitrogens with zero attached hydrogens (tertiary/aromatic N) is 1. The Hall–Kier alpha value is -0.740. The largest absolute Gasteiger partial charge is 0.401 e. The summed E-state index contributed by atoms with van der Waals surface area (Å²) in [7, 11) is 0. The smallest absolute Gasteiger partial charge is 0.291 e. The molecule has 0 N–H and O–H groups in total. The van der Waals surface area contributed by atoms with Crippen molar-refractivity contribution in [3.05, 3.63) is 34.9 Å². The Balaban J connectivity index is 2.13. The molecule has 1 heterocycles. The lowest BCUT2D eigenvalue weighted by Crippen LogP contribution is -2.37. The van der Waals surface area contributed by atoms with Crippen molar-refractivity contribution in [3.63, 3.8) is 0 Å². The Bertz CT molecular complexity index is 433. The average molecular weight is 292 g/mol. The molecule has 106 valence electrons. The van der Waals surface area contributed by atoms with Crippen molar-refractivity contribution in [2.24, 2.45) is 0 Å². The van der Waals surface area contributed by atoms with E-state index < -0.39 is 12.7 Å². The van der Waals surface area contributed by atoms with E-state index in [1.54, 1.807) is 6.07 Å². The van der Waals surface area contributed by atoms with Crippen LogP contribution in [0.1, 0.15) is 31.2 Å². The SMILES string of the molecule is CCC1C[C@H](c2ccccc2Cl)CN1CC(F)(F)F. The molecule has 1 nitrogen and oxygen atoms in total. The summed E-state index contributed by atoms with van der Waals surface area (Å²) < 4.78 is 37.7. The van der Waals surface area contributed by atoms with Crippen LogP contribution in [0.15, 0.2) is 24.3 Å². The van der Waals surface area contributed by atoms with Gasteiger partial charge in [-0.05, 0) is 30.4 Å². The minimum Gasteiger partial charge on any atom is -0.291 e. The van der Waals surface area contributed by atoms with Crippen molar-refractivity contribution >= 4 is 11.6 Å². The summed E-state index contributed by atoms with van der Waals surface area (Å²) in [4.78, 5) is 1.54. The summed E-state index contributed by atoms with van der Waals surface area (Å²) in [6.07, 6.45) is -2.66. The standard InChI is InChI=1S/C14H17ClF3N/c1-2-11-7-10(8-19(11)9-14(16,17)18)12-5-3-4-6-13(12)15/h3-6,10-11H,2,7-9H2,1H3/t10-,11?/m0/s1. The highest BCUT2D eigenvalue weighted by molar-refractivity contribution is 6.31. The fourth-order valence-corrected chi connectivity index (χ4v) is 3.15. The topological polar surface area (TPSA) is 3.24 Å². The maximum absolute atomic E-state index is 12.6. The van der Waals surface area contributed by atoms with Crippen LogP contribution >= 0.6 is 11.6 Å². The third kappa shape index (κ3) is 3.63. The van der Waals surface area contributed by atoms with Gasteiger partial charge in [0, 0.05) is 17.6 Å². The molecule has 2 atom stereocenters. The molecule has 1 aliphatic heterocycles. The molecule has 0 saturated carbocycles. The lowest BCUT2D eigenvalue weighted by atomic mass is 9.96. The van der Waals surface area contributed by atoms with E-state index >= 15 is 0 Å². The molecule has 1 saturated heterocycles. The van der Waals surface area contributed by atoms with Crippen LogP contribution in [0.3, 0.4) is 0 Å². The first-order valence-corrected chi connectivity index (χ1v) is 6.83. The highest BCUT2D eigenvalue weighted by atomic mass is 35.5. The van der Waals surface area contributed by atoms with Crippen LogP contribution in [0.25, 0.3) is 0 Å². The van der Waals surface area contributed by atoms with Crippen LogP contribution in [0, 0.1) is 0 Å². The van der Waals surface area contributed by atoms with Crippen molar-refractivity contribution in [1.82, 2.24) is 4.90 Å². The summed E-state index contributed by atoms with van der Waals surface area (Å²) in [5.74, 6) is 0.0981. The molecule has 0 bridgehead atoms. The molecule has 5 heteroatoms. The first kappa shape index (κ1) is 14.7. The molecule has 0 spiro atoms. The molecule has 2 rings (SSSR count). The second-order valence-corrected chi connectivity index (χ2v) is 5.47. The molecule has 0 aliphatic carbocycles. The summed E-state index contributed by atoms with van der Waals surface area (Å²) in [6.45, 7) is 1.54. The van der Waals surface area contributed by atoms with Gasteiger partial charge >= 0.3 is 6.18 Å². The molecule has 1 aromatic rings. The van der Waals surface area contributed by atoms with Gasteiger partial charge in [0.15, 0.2) is 0 Å². The predicted molar refractivity (Wildman–Crippen MR) is 70.5 cm³/mol. The molecule has 1 aliphatic rings. The van der Waals surface area contributed by atoms with Crippen LogP contribution in [0.5, 0.6) is 0 Å². The van der Waals surface area contributed by atoms with Gasteiger partial charge in [-0.2, -0.15) is 13.2 Å². The van der Waals surface area contributed by atoms with E-state index in [2.05, 4.69) is 0 Å². The Labute approximate surface area is 116 Å². The number of likely N-dealkylation sites (tertiary alicyclic amines) is 1. The first-order chi connectivity index (χ1) is 8.90. The number of alkyl halides is 3. The number of hydrogen-bond donors (Lipinski definition) is 0. The van der Waals surface area contributed by atoms with Crippen LogP contribution < -0.4 is 0 Å². The van der Waals surface area contributed by atoms with Crippen molar-refractivity contribution in [3.8, 4) is 0 Å². The summed E-state index contributed by atoms with van der Waals surface area (Å²) in [5.41, 5.74) is 0.965. The van der Waals surface area contributed by atoms with Crippen molar-refractivity contribution < 1.29 is 13.2 Å². The Morgan fingerprint density at radius 3 is 2.58 bits per heavy atom. The summed E-state index contributed by atoms with van der Waals surface area (Å²) in [5, 5.41) is 0.649. The van der Waals surface area contributed by atoms with E-state index in [4.69, 9.17) is 11.6 Å². The van der Waals surface area contributed by atoms with Crippen LogP contribution in [-0.4, -0.2) is 30.2 Å². The van der Waals surface area contributed by atoms with Crippen LogP contribution in [0.2, 0.25) is 5.02 Å². The molecule has 1 fully saturated rings. The van der Waals surface area contributed by atoms with Gasteiger partial charge in [0.25, 0.3) is 0 Å². The normalized spacial score (nSPS) is 24.9. The lowest BCUT2D eigenvalue weighted by Gasteiger charge is -2.24. The lowest BCUT2D eigenvalue weighted by molar-refractivity contribution is -0.147. The summed E-state index contributed by atoms with van der Waals surface area (Å²) >= 11 is 6.14. The molecule has 19 heavy (non-hydrogen) atoms. The second-order valence-electron chi connectivity index (χ2n) is 5.06. The highest BCUT2D eigenvalue weighted by Gasteiger charge is 2.39. The maximum atomic E-state index is 12.6. The maximum Gasteiger partial charge on any atom is 0.401 e. The van der Waals surface area contributed by atoms with Crippen molar-refractivity contribution in [1.29, 1.82) is 0 Å². The quantitative estimate of drug-likeness (QED) is 0.794. The van der Waals surface area contributed by atoms with E-state index in [9.17, 15) is 13.2 Å². The average Bonchev–Trinajstić information content (AvgIpc) is 2.70. The number of rotatable bonds is 3. The fourth-order valence-electron chi connectivity index (χ4n) is 2.86. The van der Waals surface area contributed by atoms with E-state index in [0.29, 0.717) is 11.6 Å². The van der Waals surface area contributed by atoms with Gasteiger partial charge in [-0.3, -0.25) is 4.90 Å². The Morgan fingerprint density at radius 2 is 2.00 bits per heavy atom. The van der Waals surface area contributed by atoms with E-state index in [-0.39, 0.29) is 12.0 Å². The third-order valence-corrected chi connectivity index (χ3v) is 4.07. The zero-order valence-corrected chi connectivity index (χ0v) is 11.5. The van der Waals surface area contributed by atoms with Gasteiger partial charge in [0.05, 0.1) is 6.54 Å². The molecule has 1 aromatic carbocycles. The zero-order valence-electron chi connectivity index (χ0n) is 10.8. The van der Waals surface area contributed by atoms with Crippen molar-refractivity contribution in [2.75, 3.05) is 13.1 Å². The van der Waals surface area contributed by atoms with E-state index in [1.807, 2.05) is 25.1 Å². The van der Waals surface area contributed by atoms with Gasteiger partial charge in [-0.25, -0.2) is 0 Å². The zero-order chi connectivity index (χ0) is 14.0. The van der Waals surface area contributed by atoms with Crippen LogP contribution in [0.4, 0.5) is 13.2 Å². The number of halogens is 4. The van der Waals surface area contributed by atoms with Crippen LogP contribution in [-0.2, 0) is 0 Å². The third-order valence-electron chi connectivity index (χ3n) is 3.73. The molecule has 0 amide bonds. The monoisotopic (exact) mass is 291 g/mol. The van der Waals surface area contributed by atoms with Gasteiger partial charge in [-0.1, -0.05) is 36.7 Å². The molecule has 0 radical (unpaired) electrons. The van der Waals surface area contributed by atoms with E-state index in [1.165, 1.54) is 4.90 Å². The fraction of sp³-hybridized carbons (Fsp3) is 0.571. The second kappa shape index (κ2) is 5.71. The number of benzene rings is 1. The minimum atomic E-state index is -4.14. The van der Waals surface area contributed by atoms with Gasteiger partial charge in [0.2, 0.25) is 0 Å². The number of hydrogen-bond acceptors (Lipinski definition) is 1. The van der Waals surface area contributed by atoms with E-state index in [0.717, 1.165) is 18.4 Å². The highest BCUT2D eigenvalue weighted by Crippen LogP contribution is 2.37. The molecule has 1 unspecified atom stereocenters.